The summed E-state index contributed by atoms with van der Waals surface area (Å²) in [5, 5.41) is 8.89. The van der Waals surface area contributed by atoms with Gasteiger partial charge in [0, 0.05) is 17.1 Å². The Balaban J connectivity index is 2.12. The second kappa shape index (κ2) is 5.82. The lowest BCUT2D eigenvalue weighted by Crippen LogP contribution is -2.47. The van der Waals surface area contributed by atoms with Gasteiger partial charge in [0.15, 0.2) is 0 Å². The number of morpholine rings is 1. The van der Waals surface area contributed by atoms with Crippen LogP contribution >= 0.6 is 15.9 Å². The van der Waals surface area contributed by atoms with Crippen LogP contribution in [0, 0.1) is 0 Å². The number of aliphatic carboxylic acids is 1. The van der Waals surface area contributed by atoms with E-state index < -0.39 is 5.97 Å². The van der Waals surface area contributed by atoms with E-state index in [1.165, 1.54) is 0 Å². The van der Waals surface area contributed by atoms with Crippen LogP contribution in [-0.2, 0) is 9.53 Å². The molecule has 18 heavy (non-hydrogen) atoms. The van der Waals surface area contributed by atoms with E-state index in [0.717, 1.165) is 10.0 Å². The van der Waals surface area contributed by atoms with E-state index in [9.17, 15) is 4.79 Å². The molecule has 0 amide bonds. The molecule has 0 spiro atoms. The number of carbonyl (C=O) groups is 1. The molecule has 98 valence electrons. The highest BCUT2D eigenvalue weighted by atomic mass is 79.9. The van der Waals surface area contributed by atoms with Crippen molar-refractivity contribution in [1.82, 2.24) is 4.90 Å². The van der Waals surface area contributed by atoms with Gasteiger partial charge < -0.3 is 9.84 Å². The number of ether oxygens (including phenoxy) is 1. The van der Waals surface area contributed by atoms with E-state index in [0.29, 0.717) is 13.2 Å². The Morgan fingerprint density at radius 2 is 2.17 bits per heavy atom. The molecular weight excluding hydrogens is 298 g/mol. The first kappa shape index (κ1) is 13.5. The molecule has 1 fully saturated rings. The molecule has 0 bridgehead atoms. The van der Waals surface area contributed by atoms with E-state index in [2.05, 4.69) is 15.9 Å². The third-order valence-electron chi connectivity index (χ3n) is 3.23. The van der Waals surface area contributed by atoms with Crippen molar-refractivity contribution >= 4 is 21.9 Å². The van der Waals surface area contributed by atoms with Gasteiger partial charge in [-0.15, -0.1) is 0 Å². The summed E-state index contributed by atoms with van der Waals surface area (Å²) in [6.45, 7) is 3.31. The Hall–Kier alpha value is -0.910. The van der Waals surface area contributed by atoms with Crippen LogP contribution < -0.4 is 0 Å². The van der Waals surface area contributed by atoms with Gasteiger partial charge >= 0.3 is 5.97 Å². The van der Waals surface area contributed by atoms with Crippen molar-refractivity contribution in [3.8, 4) is 0 Å². The fourth-order valence-corrected chi connectivity index (χ4v) is 2.52. The first-order valence-corrected chi connectivity index (χ1v) is 6.70. The number of rotatable bonds is 3. The summed E-state index contributed by atoms with van der Waals surface area (Å²) in [6, 6.07) is 8.03. The van der Waals surface area contributed by atoms with Crippen LogP contribution in [-0.4, -0.2) is 41.7 Å². The quantitative estimate of drug-likeness (QED) is 0.930. The second-order valence-corrected chi connectivity index (χ2v) is 5.36. The molecule has 2 unspecified atom stereocenters. The Morgan fingerprint density at radius 3 is 2.78 bits per heavy atom. The standard InChI is InChI=1S/C13H16BrNO3/c1-9-13(10-2-4-11(14)5-3-10)18-7-6-15(9)8-12(16)17/h2-5,9,13H,6-8H2,1H3,(H,16,17). The van der Waals surface area contributed by atoms with Crippen LogP contribution in [0.1, 0.15) is 18.6 Å². The zero-order chi connectivity index (χ0) is 13.1. The molecule has 1 aromatic rings. The maximum atomic E-state index is 10.8. The summed E-state index contributed by atoms with van der Waals surface area (Å²) in [4.78, 5) is 12.8. The number of benzene rings is 1. The third kappa shape index (κ3) is 3.10. The summed E-state index contributed by atoms with van der Waals surface area (Å²) in [5.41, 5.74) is 1.08. The maximum Gasteiger partial charge on any atom is 0.317 e. The Morgan fingerprint density at radius 1 is 1.50 bits per heavy atom. The van der Waals surface area contributed by atoms with Crippen molar-refractivity contribution in [2.75, 3.05) is 19.7 Å². The molecule has 2 rings (SSSR count). The van der Waals surface area contributed by atoms with Gasteiger partial charge in [-0.2, -0.15) is 0 Å². The molecule has 0 saturated carbocycles. The van der Waals surface area contributed by atoms with E-state index in [1.54, 1.807) is 0 Å². The summed E-state index contributed by atoms with van der Waals surface area (Å²) in [7, 11) is 0. The van der Waals surface area contributed by atoms with E-state index in [1.807, 2.05) is 36.1 Å². The number of hydrogen-bond acceptors (Lipinski definition) is 3. The number of nitrogens with zero attached hydrogens (tertiary/aromatic N) is 1. The molecule has 1 aliphatic rings. The van der Waals surface area contributed by atoms with Gasteiger partial charge in [-0.05, 0) is 24.6 Å². The minimum Gasteiger partial charge on any atom is -0.480 e. The van der Waals surface area contributed by atoms with Crippen molar-refractivity contribution in [2.24, 2.45) is 0 Å². The molecule has 1 saturated heterocycles. The van der Waals surface area contributed by atoms with Crippen LogP contribution in [0.5, 0.6) is 0 Å². The molecule has 0 aromatic heterocycles. The first-order valence-electron chi connectivity index (χ1n) is 5.91. The average molecular weight is 314 g/mol. The third-order valence-corrected chi connectivity index (χ3v) is 3.76. The molecule has 2 atom stereocenters. The Bertz CT molecular complexity index is 421. The van der Waals surface area contributed by atoms with Gasteiger partial charge in [0.2, 0.25) is 0 Å². The van der Waals surface area contributed by atoms with E-state index in [-0.39, 0.29) is 18.7 Å². The lowest BCUT2D eigenvalue weighted by atomic mass is 10.0. The molecule has 5 heteroatoms. The Kier molecular flexibility index (Phi) is 4.37. The Labute approximate surface area is 115 Å². The van der Waals surface area contributed by atoms with Gasteiger partial charge in [0.25, 0.3) is 0 Å². The van der Waals surface area contributed by atoms with Crippen LogP contribution in [0.15, 0.2) is 28.7 Å². The summed E-state index contributed by atoms with van der Waals surface area (Å²) in [5.74, 6) is -0.793. The molecule has 0 radical (unpaired) electrons. The van der Waals surface area contributed by atoms with Crippen LogP contribution in [0.3, 0.4) is 0 Å². The number of carboxylic acids is 1. The van der Waals surface area contributed by atoms with Crippen molar-refractivity contribution < 1.29 is 14.6 Å². The van der Waals surface area contributed by atoms with Crippen LogP contribution in [0.4, 0.5) is 0 Å². The average Bonchev–Trinajstić information content (AvgIpc) is 2.33. The maximum absolute atomic E-state index is 10.8. The molecule has 1 N–H and O–H groups in total. The van der Waals surface area contributed by atoms with Gasteiger partial charge in [0.1, 0.15) is 0 Å². The van der Waals surface area contributed by atoms with E-state index in [4.69, 9.17) is 9.84 Å². The van der Waals surface area contributed by atoms with Gasteiger partial charge in [-0.3, -0.25) is 9.69 Å². The fourth-order valence-electron chi connectivity index (χ4n) is 2.26. The molecular formula is C13H16BrNO3. The zero-order valence-electron chi connectivity index (χ0n) is 10.2. The minimum absolute atomic E-state index is 0.0637. The minimum atomic E-state index is -0.793. The second-order valence-electron chi connectivity index (χ2n) is 4.45. The summed E-state index contributed by atoms with van der Waals surface area (Å²) in [6.07, 6.45) is -0.0637. The highest BCUT2D eigenvalue weighted by molar-refractivity contribution is 9.10. The summed E-state index contributed by atoms with van der Waals surface area (Å²) >= 11 is 3.40. The highest BCUT2D eigenvalue weighted by Crippen LogP contribution is 2.28. The molecule has 1 aromatic carbocycles. The molecule has 4 nitrogen and oxygen atoms in total. The zero-order valence-corrected chi connectivity index (χ0v) is 11.8. The topological polar surface area (TPSA) is 49.8 Å². The number of halogens is 1. The van der Waals surface area contributed by atoms with Gasteiger partial charge in [-0.1, -0.05) is 28.1 Å². The summed E-state index contributed by atoms with van der Waals surface area (Å²) < 4.78 is 6.80. The number of hydrogen-bond donors (Lipinski definition) is 1. The first-order chi connectivity index (χ1) is 8.58. The smallest absolute Gasteiger partial charge is 0.317 e. The number of carboxylic acid groups (broad SMARTS) is 1. The highest BCUT2D eigenvalue weighted by Gasteiger charge is 2.30. The molecule has 0 aliphatic carbocycles. The van der Waals surface area contributed by atoms with Crippen molar-refractivity contribution in [3.05, 3.63) is 34.3 Å². The fraction of sp³-hybridized carbons (Fsp3) is 0.462. The van der Waals surface area contributed by atoms with E-state index >= 15 is 0 Å². The van der Waals surface area contributed by atoms with Gasteiger partial charge in [-0.25, -0.2) is 0 Å². The lowest BCUT2D eigenvalue weighted by molar-refractivity contribution is -0.142. The predicted molar refractivity (Wildman–Crippen MR) is 71.5 cm³/mol. The largest absolute Gasteiger partial charge is 0.480 e. The molecule has 1 heterocycles. The predicted octanol–water partition coefficient (Wildman–Crippen LogP) is 2.30. The molecule has 1 aliphatic heterocycles. The normalized spacial score (nSPS) is 25.0. The van der Waals surface area contributed by atoms with Gasteiger partial charge in [0.05, 0.1) is 19.3 Å². The monoisotopic (exact) mass is 313 g/mol. The van der Waals surface area contributed by atoms with Crippen LogP contribution in [0.2, 0.25) is 0 Å². The van der Waals surface area contributed by atoms with Crippen molar-refractivity contribution in [1.29, 1.82) is 0 Å². The van der Waals surface area contributed by atoms with Crippen molar-refractivity contribution in [3.63, 3.8) is 0 Å². The SMILES string of the molecule is CC1C(c2ccc(Br)cc2)OCCN1CC(=O)O. The van der Waals surface area contributed by atoms with Crippen LogP contribution in [0.25, 0.3) is 0 Å². The lowest BCUT2D eigenvalue weighted by Gasteiger charge is -2.38. The van der Waals surface area contributed by atoms with Crippen molar-refractivity contribution in [2.45, 2.75) is 19.1 Å².